The summed E-state index contributed by atoms with van der Waals surface area (Å²) >= 11 is 0. The molecule has 0 amide bonds. The second kappa shape index (κ2) is 11.4. The maximum Gasteiger partial charge on any atom is 0.0780 e. The Hall–Kier alpha value is -0.640. The summed E-state index contributed by atoms with van der Waals surface area (Å²) in [6, 6.07) is 0. The minimum atomic E-state index is 1.00. The molecule has 0 aliphatic rings. The van der Waals surface area contributed by atoms with Crippen molar-refractivity contribution in [2.24, 2.45) is 5.34 Å². The van der Waals surface area contributed by atoms with E-state index in [9.17, 15) is 0 Å². The lowest BCUT2D eigenvalue weighted by atomic mass is 10.1. The molecule has 0 aliphatic carbocycles. The van der Waals surface area contributed by atoms with Crippen molar-refractivity contribution in [3.05, 3.63) is 10.1 Å². The fourth-order valence-corrected chi connectivity index (χ4v) is 1.37. The highest BCUT2D eigenvalue weighted by Crippen LogP contribution is 2.06. The van der Waals surface area contributed by atoms with Crippen molar-refractivity contribution in [2.75, 3.05) is 27.7 Å². The molecule has 0 heterocycles. The van der Waals surface area contributed by atoms with Gasteiger partial charge < -0.3 is 14.6 Å². The van der Waals surface area contributed by atoms with Gasteiger partial charge in [0.25, 0.3) is 0 Å². The molecule has 0 rings (SSSR count). The Morgan fingerprint density at radius 1 is 1.00 bits per heavy atom. The third kappa shape index (κ3) is 24.7. The molecule has 4 heteroatoms. The Morgan fingerprint density at radius 2 is 1.40 bits per heavy atom. The van der Waals surface area contributed by atoms with Crippen LogP contribution in [0.15, 0.2) is 5.34 Å². The van der Waals surface area contributed by atoms with Crippen LogP contribution in [-0.2, 0) is 0 Å². The zero-order valence-electron chi connectivity index (χ0n) is 10.7. The summed E-state index contributed by atoms with van der Waals surface area (Å²) in [5.74, 6) is 0. The van der Waals surface area contributed by atoms with Gasteiger partial charge in [0.2, 0.25) is 0 Å². The summed E-state index contributed by atoms with van der Waals surface area (Å²) in [4.78, 5) is 8.00. The van der Waals surface area contributed by atoms with Gasteiger partial charge in [0.05, 0.1) is 27.7 Å². The second-order valence-electron chi connectivity index (χ2n) is 4.86. The van der Waals surface area contributed by atoms with Crippen molar-refractivity contribution >= 4 is 0 Å². The Bertz CT molecular complexity index is 133. The van der Waals surface area contributed by atoms with Crippen LogP contribution in [0.5, 0.6) is 0 Å². The SMILES string of the molecule is CCCCCCCC[N+](C)(C)C.O=N[O-]. The third-order valence-electron chi connectivity index (χ3n) is 2.18. The van der Waals surface area contributed by atoms with Gasteiger partial charge in [-0.3, -0.25) is 0 Å². The molecule has 0 saturated carbocycles. The number of rotatable bonds is 7. The smallest absolute Gasteiger partial charge is 0.0780 e. The van der Waals surface area contributed by atoms with E-state index in [-0.39, 0.29) is 0 Å². The van der Waals surface area contributed by atoms with Crippen LogP contribution in [0.3, 0.4) is 0 Å². The number of unbranched alkanes of at least 4 members (excludes halogenated alkanes) is 5. The van der Waals surface area contributed by atoms with Crippen LogP contribution in [0.1, 0.15) is 45.4 Å². The fourth-order valence-electron chi connectivity index (χ4n) is 1.37. The summed E-state index contributed by atoms with van der Waals surface area (Å²) < 4.78 is 1.12. The number of hydrogen-bond acceptors (Lipinski definition) is 3. The van der Waals surface area contributed by atoms with Gasteiger partial charge in [-0.25, -0.2) is 0 Å². The first-order valence-corrected chi connectivity index (χ1v) is 5.73. The molecule has 0 atom stereocenters. The van der Waals surface area contributed by atoms with Crippen molar-refractivity contribution in [1.82, 2.24) is 0 Å². The molecular weight excluding hydrogens is 192 g/mol. The molecule has 0 fully saturated rings. The molecule has 0 aromatic heterocycles. The van der Waals surface area contributed by atoms with E-state index in [1.54, 1.807) is 0 Å². The third-order valence-corrected chi connectivity index (χ3v) is 2.18. The monoisotopic (exact) mass is 218 g/mol. The van der Waals surface area contributed by atoms with Crippen molar-refractivity contribution in [3.63, 3.8) is 0 Å². The van der Waals surface area contributed by atoms with E-state index in [4.69, 9.17) is 10.1 Å². The fraction of sp³-hybridized carbons (Fsp3) is 1.00. The summed E-state index contributed by atoms with van der Waals surface area (Å²) in [5.41, 5.74) is 0. The van der Waals surface area contributed by atoms with Gasteiger partial charge in [-0.05, 0) is 12.8 Å². The van der Waals surface area contributed by atoms with Gasteiger partial charge in [-0.2, -0.15) is 0 Å². The lowest BCUT2D eigenvalue weighted by Gasteiger charge is -2.23. The predicted octanol–water partition coefficient (Wildman–Crippen LogP) is 3.30. The minimum absolute atomic E-state index is 1.00. The molecule has 0 N–H and O–H groups in total. The van der Waals surface area contributed by atoms with Crippen molar-refractivity contribution in [1.29, 1.82) is 0 Å². The molecule has 15 heavy (non-hydrogen) atoms. The Morgan fingerprint density at radius 3 is 1.80 bits per heavy atom. The summed E-state index contributed by atoms with van der Waals surface area (Å²) in [6.07, 6.45) is 8.48. The minimum Gasteiger partial charge on any atom is -0.444 e. The first-order valence-electron chi connectivity index (χ1n) is 5.73. The molecule has 0 spiro atoms. The molecule has 92 valence electrons. The van der Waals surface area contributed by atoms with Crippen LogP contribution in [0, 0.1) is 10.1 Å². The zero-order chi connectivity index (χ0) is 12.2. The highest BCUT2D eigenvalue weighted by molar-refractivity contribution is 4.42. The summed E-state index contributed by atoms with van der Waals surface area (Å²) in [5, 5.41) is 9.00. The topological polar surface area (TPSA) is 52.5 Å². The largest absolute Gasteiger partial charge is 0.444 e. The summed E-state index contributed by atoms with van der Waals surface area (Å²) in [6.45, 7) is 3.60. The standard InChI is InChI=1S/C11H26N.HNO2/c1-5-6-7-8-9-10-11-12(2,3)4;2-1-3/h5-11H2,1-4H3;(H,2,3)/q+1;/p-1. The number of quaternary nitrogens is 1. The highest BCUT2D eigenvalue weighted by atomic mass is 16.6. The molecule has 0 aromatic rings. The van der Waals surface area contributed by atoms with Crippen molar-refractivity contribution in [3.8, 4) is 0 Å². The van der Waals surface area contributed by atoms with Gasteiger partial charge in [-0.1, -0.05) is 32.6 Å². The van der Waals surface area contributed by atoms with Gasteiger partial charge in [0.15, 0.2) is 0 Å². The number of nitrogens with zero attached hydrogens (tertiary/aromatic N) is 2. The number of hydrogen-bond donors (Lipinski definition) is 0. The molecule has 0 aliphatic heterocycles. The Balaban J connectivity index is 0. The first kappa shape index (κ1) is 16.8. The average Bonchev–Trinajstić information content (AvgIpc) is 2.11. The quantitative estimate of drug-likeness (QED) is 0.285. The van der Waals surface area contributed by atoms with Gasteiger partial charge in [-0.15, -0.1) is 5.34 Å². The first-order chi connectivity index (χ1) is 6.97. The van der Waals surface area contributed by atoms with Crippen LogP contribution in [-0.4, -0.2) is 32.2 Å². The molecule has 0 radical (unpaired) electrons. The van der Waals surface area contributed by atoms with Crippen LogP contribution < -0.4 is 0 Å². The van der Waals surface area contributed by atoms with E-state index in [1.807, 2.05) is 0 Å². The van der Waals surface area contributed by atoms with Crippen LogP contribution in [0.4, 0.5) is 0 Å². The van der Waals surface area contributed by atoms with E-state index < -0.39 is 0 Å². The van der Waals surface area contributed by atoms with Crippen molar-refractivity contribution < 1.29 is 4.48 Å². The van der Waals surface area contributed by atoms with Crippen LogP contribution in [0.2, 0.25) is 0 Å². The van der Waals surface area contributed by atoms with Crippen molar-refractivity contribution in [2.45, 2.75) is 45.4 Å². The molecular formula is C11H26N2O2. The normalized spacial score (nSPS) is 10.4. The van der Waals surface area contributed by atoms with Crippen LogP contribution in [0.25, 0.3) is 0 Å². The lowest BCUT2D eigenvalue weighted by Crippen LogP contribution is -2.35. The molecule has 0 bridgehead atoms. The molecule has 0 saturated heterocycles. The maximum absolute atomic E-state index is 8.00. The maximum atomic E-state index is 8.00. The van der Waals surface area contributed by atoms with E-state index in [0.717, 1.165) is 9.82 Å². The van der Waals surface area contributed by atoms with E-state index in [1.165, 1.54) is 45.1 Å². The highest BCUT2D eigenvalue weighted by Gasteiger charge is 2.04. The Kier molecular flexibility index (Phi) is 12.8. The van der Waals surface area contributed by atoms with E-state index in [2.05, 4.69) is 28.1 Å². The predicted molar refractivity (Wildman–Crippen MR) is 65.4 cm³/mol. The summed E-state index contributed by atoms with van der Waals surface area (Å²) in [7, 11) is 6.81. The molecule has 0 unspecified atom stereocenters. The average molecular weight is 218 g/mol. The van der Waals surface area contributed by atoms with E-state index in [0.29, 0.717) is 0 Å². The molecule has 0 aromatic carbocycles. The van der Waals surface area contributed by atoms with Gasteiger partial charge >= 0.3 is 0 Å². The molecule has 4 nitrogen and oxygen atoms in total. The van der Waals surface area contributed by atoms with Gasteiger partial charge in [0.1, 0.15) is 0 Å². The van der Waals surface area contributed by atoms with Crippen LogP contribution >= 0.6 is 0 Å². The zero-order valence-corrected chi connectivity index (χ0v) is 10.7. The second-order valence-corrected chi connectivity index (χ2v) is 4.86. The Labute approximate surface area is 93.8 Å². The van der Waals surface area contributed by atoms with Gasteiger partial charge in [0, 0.05) is 0 Å². The van der Waals surface area contributed by atoms with E-state index >= 15 is 0 Å². The lowest BCUT2D eigenvalue weighted by molar-refractivity contribution is -0.870.